The number of rotatable bonds is 5. The van der Waals surface area contributed by atoms with Crippen LogP contribution in [-0.2, 0) is 6.42 Å². The summed E-state index contributed by atoms with van der Waals surface area (Å²) in [5.41, 5.74) is 2.43. The lowest BCUT2D eigenvalue weighted by molar-refractivity contribution is 0.414. The van der Waals surface area contributed by atoms with Crippen molar-refractivity contribution in [3.05, 3.63) is 52.1 Å². The predicted octanol–water partition coefficient (Wildman–Crippen LogP) is 3.82. The van der Waals surface area contributed by atoms with Crippen LogP contribution in [-0.4, -0.2) is 18.6 Å². The third kappa shape index (κ3) is 3.96. The van der Waals surface area contributed by atoms with Crippen LogP contribution in [0.3, 0.4) is 0 Å². The zero-order valence-electron chi connectivity index (χ0n) is 11.1. The molecule has 0 amide bonds. The third-order valence-corrected chi connectivity index (χ3v) is 3.73. The Morgan fingerprint density at radius 2 is 2.16 bits per heavy atom. The van der Waals surface area contributed by atoms with E-state index in [1.165, 1.54) is 11.1 Å². The maximum atomic E-state index is 5.21. The normalized spacial score (nSPS) is 10.3. The first-order valence-electron chi connectivity index (χ1n) is 6.18. The van der Waals surface area contributed by atoms with Gasteiger partial charge in [0.25, 0.3) is 0 Å². The van der Waals surface area contributed by atoms with E-state index in [9.17, 15) is 0 Å². The highest BCUT2D eigenvalue weighted by molar-refractivity contribution is 9.10. The monoisotopic (exact) mass is 320 g/mol. The predicted molar refractivity (Wildman–Crippen MR) is 81.9 cm³/mol. The van der Waals surface area contributed by atoms with Crippen LogP contribution >= 0.6 is 15.9 Å². The quantitative estimate of drug-likeness (QED) is 0.909. The van der Waals surface area contributed by atoms with Gasteiger partial charge in [-0.25, -0.2) is 4.98 Å². The Balaban J connectivity index is 1.90. The van der Waals surface area contributed by atoms with Gasteiger partial charge in [-0.1, -0.05) is 12.1 Å². The number of anilines is 1. The van der Waals surface area contributed by atoms with Gasteiger partial charge in [0.15, 0.2) is 0 Å². The molecule has 0 fully saturated rings. The van der Waals surface area contributed by atoms with E-state index in [-0.39, 0.29) is 0 Å². The molecular weight excluding hydrogens is 304 g/mol. The number of nitrogens with zero attached hydrogens (tertiary/aromatic N) is 1. The molecule has 1 heterocycles. The number of methoxy groups -OCH3 is 1. The van der Waals surface area contributed by atoms with E-state index in [2.05, 4.69) is 45.3 Å². The molecule has 0 saturated heterocycles. The van der Waals surface area contributed by atoms with Crippen molar-refractivity contribution in [3.63, 3.8) is 0 Å². The Hall–Kier alpha value is -1.55. The van der Waals surface area contributed by atoms with Crippen LogP contribution in [0.2, 0.25) is 0 Å². The van der Waals surface area contributed by atoms with Gasteiger partial charge in [0.05, 0.1) is 7.11 Å². The molecule has 0 aliphatic rings. The van der Waals surface area contributed by atoms with E-state index in [4.69, 9.17) is 4.74 Å². The molecule has 2 aromatic rings. The number of halogens is 1. The Morgan fingerprint density at radius 1 is 1.32 bits per heavy atom. The Bertz CT molecular complexity index is 558. The first-order valence-corrected chi connectivity index (χ1v) is 6.97. The molecule has 0 atom stereocenters. The van der Waals surface area contributed by atoms with E-state index in [0.717, 1.165) is 29.0 Å². The highest BCUT2D eigenvalue weighted by Gasteiger charge is 1.99. The molecule has 100 valence electrons. The summed E-state index contributed by atoms with van der Waals surface area (Å²) in [6, 6.07) is 10.2. The topological polar surface area (TPSA) is 34.1 Å². The van der Waals surface area contributed by atoms with Gasteiger partial charge in [0.2, 0.25) is 0 Å². The van der Waals surface area contributed by atoms with E-state index in [1.807, 2.05) is 24.4 Å². The molecule has 1 N–H and O–H groups in total. The van der Waals surface area contributed by atoms with E-state index in [1.54, 1.807) is 7.11 Å². The molecule has 0 unspecified atom stereocenters. The molecule has 0 saturated carbocycles. The summed E-state index contributed by atoms with van der Waals surface area (Å²) >= 11 is 3.45. The number of aromatic nitrogens is 1. The number of pyridine rings is 1. The molecule has 2 rings (SSSR count). The van der Waals surface area contributed by atoms with Crippen molar-refractivity contribution in [2.45, 2.75) is 13.3 Å². The first kappa shape index (κ1) is 13.9. The standard InChI is InChI=1S/C15H17BrN2O/c1-11-8-15(18-10-14(11)16)17-7-6-12-4-3-5-13(9-12)19-2/h3-5,8-10H,6-7H2,1-2H3,(H,17,18). The average molecular weight is 321 g/mol. The van der Waals surface area contributed by atoms with E-state index >= 15 is 0 Å². The van der Waals surface area contributed by atoms with E-state index < -0.39 is 0 Å². The number of aryl methyl sites for hydroxylation is 1. The molecule has 0 radical (unpaired) electrons. The molecule has 3 nitrogen and oxygen atoms in total. The van der Waals surface area contributed by atoms with Gasteiger partial charge in [-0.2, -0.15) is 0 Å². The average Bonchev–Trinajstić information content (AvgIpc) is 2.43. The van der Waals surface area contributed by atoms with Gasteiger partial charge in [-0.05, 0) is 58.6 Å². The van der Waals surface area contributed by atoms with Crippen LogP contribution in [0.15, 0.2) is 41.0 Å². The maximum absolute atomic E-state index is 5.21. The Labute approximate surface area is 122 Å². The minimum atomic E-state index is 0.848. The second-order valence-electron chi connectivity index (χ2n) is 4.35. The minimum Gasteiger partial charge on any atom is -0.497 e. The van der Waals surface area contributed by atoms with Crippen LogP contribution in [0.4, 0.5) is 5.82 Å². The third-order valence-electron chi connectivity index (χ3n) is 2.90. The van der Waals surface area contributed by atoms with Crippen molar-refractivity contribution in [2.24, 2.45) is 0 Å². The zero-order chi connectivity index (χ0) is 13.7. The molecule has 0 bridgehead atoms. The maximum Gasteiger partial charge on any atom is 0.126 e. The van der Waals surface area contributed by atoms with Crippen LogP contribution in [0, 0.1) is 6.92 Å². The summed E-state index contributed by atoms with van der Waals surface area (Å²) in [5, 5.41) is 3.33. The molecule has 19 heavy (non-hydrogen) atoms. The first-order chi connectivity index (χ1) is 9.19. The van der Waals surface area contributed by atoms with Crippen LogP contribution in [0.25, 0.3) is 0 Å². The van der Waals surface area contributed by atoms with Crippen molar-refractivity contribution in [1.29, 1.82) is 0 Å². The Kier molecular flexibility index (Phi) is 4.80. The second kappa shape index (κ2) is 6.57. The van der Waals surface area contributed by atoms with Crippen molar-refractivity contribution >= 4 is 21.7 Å². The lowest BCUT2D eigenvalue weighted by Crippen LogP contribution is -2.06. The second-order valence-corrected chi connectivity index (χ2v) is 5.20. The highest BCUT2D eigenvalue weighted by atomic mass is 79.9. The smallest absolute Gasteiger partial charge is 0.126 e. The van der Waals surface area contributed by atoms with Gasteiger partial charge in [-0.15, -0.1) is 0 Å². The number of benzene rings is 1. The molecule has 1 aromatic carbocycles. The summed E-state index contributed by atoms with van der Waals surface area (Å²) in [7, 11) is 1.69. The van der Waals surface area contributed by atoms with Gasteiger partial charge in [0, 0.05) is 17.2 Å². The molecule has 0 aliphatic heterocycles. The fourth-order valence-corrected chi connectivity index (χ4v) is 2.02. The highest BCUT2D eigenvalue weighted by Crippen LogP contribution is 2.17. The number of nitrogens with one attached hydrogen (secondary N) is 1. The number of ether oxygens (including phenoxy) is 1. The molecule has 0 spiro atoms. The largest absolute Gasteiger partial charge is 0.497 e. The molecular formula is C15H17BrN2O. The molecule has 4 heteroatoms. The van der Waals surface area contributed by atoms with Crippen molar-refractivity contribution < 1.29 is 4.74 Å². The summed E-state index contributed by atoms with van der Waals surface area (Å²) in [6.45, 7) is 2.90. The van der Waals surface area contributed by atoms with E-state index in [0.29, 0.717) is 0 Å². The van der Waals surface area contributed by atoms with Crippen molar-refractivity contribution in [1.82, 2.24) is 4.98 Å². The van der Waals surface area contributed by atoms with Gasteiger partial charge >= 0.3 is 0 Å². The summed E-state index contributed by atoms with van der Waals surface area (Å²) in [6.07, 6.45) is 2.76. The summed E-state index contributed by atoms with van der Waals surface area (Å²) < 4.78 is 6.24. The van der Waals surface area contributed by atoms with Crippen molar-refractivity contribution in [3.8, 4) is 5.75 Å². The summed E-state index contributed by atoms with van der Waals surface area (Å²) in [4.78, 5) is 4.32. The minimum absolute atomic E-state index is 0.848. The summed E-state index contributed by atoms with van der Waals surface area (Å²) in [5.74, 6) is 1.80. The van der Waals surface area contributed by atoms with Crippen LogP contribution in [0.1, 0.15) is 11.1 Å². The van der Waals surface area contributed by atoms with Gasteiger partial charge < -0.3 is 10.1 Å². The fraction of sp³-hybridized carbons (Fsp3) is 0.267. The lowest BCUT2D eigenvalue weighted by atomic mass is 10.1. The van der Waals surface area contributed by atoms with Crippen LogP contribution in [0.5, 0.6) is 5.75 Å². The zero-order valence-corrected chi connectivity index (χ0v) is 12.7. The number of hydrogen-bond acceptors (Lipinski definition) is 3. The number of hydrogen-bond donors (Lipinski definition) is 1. The van der Waals surface area contributed by atoms with Gasteiger partial charge in [0.1, 0.15) is 11.6 Å². The van der Waals surface area contributed by atoms with Gasteiger partial charge in [-0.3, -0.25) is 0 Å². The van der Waals surface area contributed by atoms with Crippen LogP contribution < -0.4 is 10.1 Å². The molecule has 0 aliphatic carbocycles. The lowest BCUT2D eigenvalue weighted by Gasteiger charge is -2.08. The molecule has 1 aromatic heterocycles. The SMILES string of the molecule is COc1cccc(CCNc2cc(C)c(Br)cn2)c1. The van der Waals surface area contributed by atoms with Crippen molar-refractivity contribution in [2.75, 3.05) is 19.0 Å². The Morgan fingerprint density at radius 3 is 2.89 bits per heavy atom. The fourth-order valence-electron chi connectivity index (χ4n) is 1.80.